The first-order chi connectivity index (χ1) is 18.6. The molecule has 39 heavy (non-hydrogen) atoms. The van der Waals surface area contributed by atoms with Crippen molar-refractivity contribution in [2.75, 3.05) is 12.1 Å². The molecule has 0 unspecified atom stereocenters. The standard InChI is InChI=1S/C29H24F3N3O3S/c1-15-20-5-3-4-6-24(20)39-13-19-10-8-17-7-9-18(11-21(17)25(15)19)22-12-23(36)27(37)26-28(38)34(14-33-35(22)26)16(2)29(30,31)32/h3-12,15-16,33,37H,13-14H2,1-2H3/t15-,16-/m1/s1. The Bertz CT molecular complexity index is 1720. The van der Waals surface area contributed by atoms with Crippen LogP contribution in [0.15, 0.2) is 70.4 Å². The Balaban J connectivity index is 1.52. The molecule has 6 nitrogen and oxygen atoms in total. The van der Waals surface area contributed by atoms with E-state index in [1.165, 1.54) is 32.3 Å². The molecule has 4 aromatic rings. The number of halogens is 3. The Kier molecular flexibility index (Phi) is 5.91. The molecular formula is C29H24F3N3O3S. The maximum atomic E-state index is 13.4. The van der Waals surface area contributed by atoms with Gasteiger partial charge in [-0.05, 0) is 46.5 Å². The monoisotopic (exact) mass is 551 g/mol. The highest BCUT2D eigenvalue weighted by Gasteiger charge is 2.45. The van der Waals surface area contributed by atoms with Crippen LogP contribution in [0.5, 0.6) is 5.75 Å². The lowest BCUT2D eigenvalue weighted by atomic mass is 9.85. The minimum absolute atomic E-state index is 0.0960. The summed E-state index contributed by atoms with van der Waals surface area (Å²) in [6, 6.07) is 17.2. The molecule has 0 fully saturated rings. The van der Waals surface area contributed by atoms with Crippen LogP contribution in [0.1, 0.15) is 46.9 Å². The maximum Gasteiger partial charge on any atom is 0.408 e. The van der Waals surface area contributed by atoms with Crippen LogP contribution in [0, 0.1) is 0 Å². The molecule has 0 aliphatic carbocycles. The average Bonchev–Trinajstić information content (AvgIpc) is 3.06. The molecule has 0 saturated carbocycles. The number of rotatable bonds is 2. The van der Waals surface area contributed by atoms with Gasteiger partial charge in [-0.25, -0.2) is 4.68 Å². The molecule has 2 N–H and O–H groups in total. The number of hydrogen-bond acceptors (Lipinski definition) is 5. The van der Waals surface area contributed by atoms with Crippen LogP contribution >= 0.6 is 11.8 Å². The van der Waals surface area contributed by atoms with Gasteiger partial charge in [0.1, 0.15) is 12.7 Å². The number of amides is 1. The highest BCUT2D eigenvalue weighted by atomic mass is 32.2. The van der Waals surface area contributed by atoms with Gasteiger partial charge >= 0.3 is 6.18 Å². The van der Waals surface area contributed by atoms with Gasteiger partial charge in [-0.1, -0.05) is 49.4 Å². The maximum absolute atomic E-state index is 13.4. The van der Waals surface area contributed by atoms with Crippen molar-refractivity contribution in [2.24, 2.45) is 0 Å². The van der Waals surface area contributed by atoms with Crippen LogP contribution in [0.25, 0.3) is 22.0 Å². The van der Waals surface area contributed by atoms with Gasteiger partial charge in [-0.15, -0.1) is 11.8 Å². The van der Waals surface area contributed by atoms with Crippen LogP contribution in [-0.4, -0.2) is 39.5 Å². The molecular weight excluding hydrogens is 527 g/mol. The van der Waals surface area contributed by atoms with Crippen LogP contribution < -0.4 is 10.9 Å². The molecule has 1 amide bonds. The lowest BCUT2D eigenvalue weighted by Gasteiger charge is -2.37. The van der Waals surface area contributed by atoms with Gasteiger partial charge in [-0.2, -0.15) is 13.2 Å². The summed E-state index contributed by atoms with van der Waals surface area (Å²) < 4.78 is 41.4. The number of thioether (sulfide) groups is 1. The van der Waals surface area contributed by atoms with Gasteiger partial charge in [0.25, 0.3) is 5.91 Å². The molecule has 200 valence electrons. The minimum atomic E-state index is -4.67. The highest BCUT2D eigenvalue weighted by Crippen LogP contribution is 2.44. The van der Waals surface area contributed by atoms with E-state index in [1.54, 1.807) is 17.8 Å². The minimum Gasteiger partial charge on any atom is -0.502 e. The number of nitrogens with zero attached hydrogens (tertiary/aromatic N) is 2. The van der Waals surface area contributed by atoms with Crippen LogP contribution in [-0.2, 0) is 5.75 Å². The second-order valence-electron chi connectivity index (χ2n) is 9.86. The van der Waals surface area contributed by atoms with Crippen LogP contribution in [0.3, 0.4) is 0 Å². The van der Waals surface area contributed by atoms with E-state index >= 15 is 0 Å². The van der Waals surface area contributed by atoms with Crippen molar-refractivity contribution in [1.29, 1.82) is 0 Å². The summed E-state index contributed by atoms with van der Waals surface area (Å²) >= 11 is 1.79. The summed E-state index contributed by atoms with van der Waals surface area (Å²) in [5, 5.41) is 12.5. The molecule has 10 heteroatoms. The van der Waals surface area contributed by atoms with E-state index in [-0.39, 0.29) is 11.6 Å². The molecule has 2 aliphatic rings. The number of fused-ring (bicyclic) bond motifs is 5. The molecule has 0 saturated heterocycles. The molecule has 3 aromatic carbocycles. The van der Waals surface area contributed by atoms with Crippen LogP contribution in [0.4, 0.5) is 13.2 Å². The number of pyridine rings is 1. The van der Waals surface area contributed by atoms with Crippen molar-refractivity contribution in [2.45, 2.75) is 42.6 Å². The second kappa shape index (κ2) is 9.08. The first-order valence-corrected chi connectivity index (χ1v) is 13.4. The largest absolute Gasteiger partial charge is 0.502 e. The summed E-state index contributed by atoms with van der Waals surface area (Å²) in [6.45, 7) is 2.58. The zero-order valence-electron chi connectivity index (χ0n) is 21.0. The normalized spacial score (nSPS) is 17.6. The van der Waals surface area contributed by atoms with Crippen molar-refractivity contribution in [3.05, 3.63) is 93.3 Å². The fraction of sp³-hybridized carbons (Fsp3) is 0.241. The molecule has 2 aliphatic heterocycles. The van der Waals surface area contributed by atoms with E-state index in [1.807, 2.05) is 24.3 Å². The van der Waals surface area contributed by atoms with Crippen LogP contribution in [0.2, 0.25) is 0 Å². The Labute approximate surface area is 226 Å². The first kappa shape index (κ1) is 25.4. The number of aromatic hydroxyl groups is 1. The number of carbonyl (C=O) groups excluding carboxylic acids is 1. The van der Waals surface area contributed by atoms with E-state index in [4.69, 9.17) is 0 Å². The molecule has 0 bridgehead atoms. The molecule has 2 atom stereocenters. The van der Waals surface area contributed by atoms with Gasteiger partial charge in [-0.3, -0.25) is 9.59 Å². The predicted octanol–water partition coefficient (Wildman–Crippen LogP) is 6.04. The number of alkyl halides is 3. The van der Waals surface area contributed by atoms with Gasteiger partial charge in [0.05, 0.1) is 5.69 Å². The average molecular weight is 552 g/mol. The fourth-order valence-electron chi connectivity index (χ4n) is 5.48. The van der Waals surface area contributed by atoms with E-state index in [2.05, 4.69) is 36.6 Å². The van der Waals surface area contributed by atoms with Gasteiger partial charge in [0.15, 0.2) is 11.4 Å². The lowest BCUT2D eigenvalue weighted by Crippen LogP contribution is -2.54. The fourth-order valence-corrected chi connectivity index (χ4v) is 6.63. The molecule has 0 radical (unpaired) electrons. The summed E-state index contributed by atoms with van der Waals surface area (Å²) in [7, 11) is 0. The van der Waals surface area contributed by atoms with Crippen molar-refractivity contribution < 1.29 is 23.1 Å². The van der Waals surface area contributed by atoms with Crippen molar-refractivity contribution in [1.82, 2.24) is 9.58 Å². The number of aromatic nitrogens is 1. The van der Waals surface area contributed by atoms with E-state index in [9.17, 15) is 27.9 Å². The first-order valence-electron chi connectivity index (χ1n) is 12.4. The zero-order valence-corrected chi connectivity index (χ0v) is 21.9. The third kappa shape index (κ3) is 4.05. The Morgan fingerprint density at radius 3 is 2.59 bits per heavy atom. The molecule has 6 rings (SSSR count). The lowest BCUT2D eigenvalue weighted by molar-refractivity contribution is -0.172. The van der Waals surface area contributed by atoms with E-state index in [0.717, 1.165) is 23.4 Å². The number of carbonyl (C=O) groups is 1. The number of benzene rings is 3. The zero-order chi connectivity index (χ0) is 27.6. The Morgan fingerprint density at radius 2 is 1.82 bits per heavy atom. The summed E-state index contributed by atoms with van der Waals surface area (Å²) in [5.74, 6) is -1.08. The Hall–Kier alpha value is -3.92. The second-order valence-corrected chi connectivity index (χ2v) is 10.9. The summed E-state index contributed by atoms with van der Waals surface area (Å²) in [5.41, 5.74) is 5.87. The van der Waals surface area contributed by atoms with Gasteiger partial charge in [0, 0.05) is 28.2 Å². The van der Waals surface area contributed by atoms with Gasteiger partial charge in [0.2, 0.25) is 5.43 Å². The quantitative estimate of drug-likeness (QED) is 0.318. The SMILES string of the molecule is C[C@@H]1c2ccccc2SCc2ccc3ccc(-c4cc(=O)c(O)c5n4NCN([C@H](C)C(F)(F)F)C5=O)cc3c21. The third-order valence-corrected chi connectivity index (χ3v) is 8.78. The molecule has 1 aromatic heterocycles. The Morgan fingerprint density at radius 1 is 1.08 bits per heavy atom. The topological polar surface area (TPSA) is 74.6 Å². The van der Waals surface area contributed by atoms with Crippen molar-refractivity contribution in [3.8, 4) is 17.0 Å². The third-order valence-electron chi connectivity index (χ3n) is 7.64. The van der Waals surface area contributed by atoms with E-state index < -0.39 is 41.7 Å². The summed E-state index contributed by atoms with van der Waals surface area (Å²) in [6.07, 6.45) is -4.67. The molecule has 3 heterocycles. The number of nitrogens with one attached hydrogen (secondary N) is 1. The van der Waals surface area contributed by atoms with Gasteiger partial charge < -0.3 is 15.4 Å². The number of hydrogen-bond donors (Lipinski definition) is 2. The summed E-state index contributed by atoms with van der Waals surface area (Å²) in [4.78, 5) is 27.7. The smallest absolute Gasteiger partial charge is 0.408 e. The van der Waals surface area contributed by atoms with E-state index in [0.29, 0.717) is 10.5 Å². The van der Waals surface area contributed by atoms with Crippen molar-refractivity contribution >= 4 is 28.4 Å². The predicted molar refractivity (Wildman–Crippen MR) is 145 cm³/mol. The molecule has 0 spiro atoms. The highest BCUT2D eigenvalue weighted by molar-refractivity contribution is 7.98. The van der Waals surface area contributed by atoms with Crippen molar-refractivity contribution in [3.63, 3.8) is 0 Å².